The summed E-state index contributed by atoms with van der Waals surface area (Å²) in [5.74, 6) is -0.952. The van der Waals surface area contributed by atoms with E-state index in [9.17, 15) is 14.4 Å². The number of unbranched alkanes of at least 4 members (excludes halogenated alkanes) is 29. The van der Waals surface area contributed by atoms with Crippen molar-refractivity contribution < 1.29 is 28.6 Å². The predicted octanol–water partition coefficient (Wildman–Crippen LogP) is 24.1. The Morgan fingerprint density at radius 3 is 0.771 bits per heavy atom. The molecule has 6 nitrogen and oxygen atoms in total. The van der Waals surface area contributed by atoms with E-state index in [1.165, 1.54) is 154 Å². The largest absolute Gasteiger partial charge is 0.462 e. The Hall–Kier alpha value is -4.45. The molecule has 1 unspecified atom stereocenters. The molecule has 0 N–H and O–H groups in total. The first kappa shape index (κ1) is 78.5. The van der Waals surface area contributed by atoms with E-state index in [1.807, 2.05) is 0 Å². The summed E-state index contributed by atoms with van der Waals surface area (Å²) in [5, 5.41) is 0. The molecule has 0 aliphatic carbocycles. The van der Waals surface area contributed by atoms with E-state index in [-0.39, 0.29) is 37.5 Å². The van der Waals surface area contributed by atoms with Gasteiger partial charge < -0.3 is 14.2 Å². The van der Waals surface area contributed by atoms with Crippen LogP contribution in [0, 0.1) is 0 Å². The van der Waals surface area contributed by atoms with Crippen molar-refractivity contribution in [3.05, 3.63) is 134 Å². The van der Waals surface area contributed by atoms with Gasteiger partial charge in [-0.3, -0.25) is 14.4 Å². The van der Waals surface area contributed by atoms with E-state index < -0.39 is 6.10 Å². The number of ether oxygens (including phenoxy) is 3. The van der Waals surface area contributed by atoms with Gasteiger partial charge in [-0.1, -0.05) is 321 Å². The number of allylic oxidation sites excluding steroid dienone is 22. The highest BCUT2D eigenvalue weighted by Crippen LogP contribution is 2.17. The molecule has 472 valence electrons. The SMILES string of the molecule is CC/C=C\C/C=C\C/C=C\C/C=C\C/C=C\C/C=C\CCCCCCCCCCCCCCC(=O)OCC(COC(=O)CCCCCCCCCCCCCCCCCCC)OC(=O)CCC/C=C\C/C=C\C/C=C\C/C=C\C/C=C\CC. The second-order valence-corrected chi connectivity index (χ2v) is 22.7. The summed E-state index contributed by atoms with van der Waals surface area (Å²) in [6.07, 6.45) is 99.1. The Bertz CT molecular complexity index is 1750. The second-order valence-electron chi connectivity index (χ2n) is 22.7. The highest BCUT2D eigenvalue weighted by molar-refractivity contribution is 5.71. The number of carbonyl (C=O) groups is 3. The molecule has 0 aromatic heterocycles. The van der Waals surface area contributed by atoms with Crippen LogP contribution in [0.15, 0.2) is 134 Å². The van der Waals surface area contributed by atoms with Crippen molar-refractivity contribution in [3.8, 4) is 0 Å². The van der Waals surface area contributed by atoms with Gasteiger partial charge in [-0.05, 0) is 109 Å². The molecular formula is C77H128O6. The van der Waals surface area contributed by atoms with Crippen LogP contribution in [-0.4, -0.2) is 37.2 Å². The van der Waals surface area contributed by atoms with Gasteiger partial charge in [-0.25, -0.2) is 0 Å². The van der Waals surface area contributed by atoms with Crippen LogP contribution in [0.4, 0.5) is 0 Å². The molecule has 0 radical (unpaired) electrons. The molecule has 0 bridgehead atoms. The van der Waals surface area contributed by atoms with E-state index in [2.05, 4.69) is 154 Å². The highest BCUT2D eigenvalue weighted by atomic mass is 16.6. The standard InChI is InChI=1S/C77H128O6/c1-4-7-10-13-16-19-22-25-28-31-32-33-34-35-36-37-38-39-40-41-42-43-44-47-49-52-55-58-61-64-67-70-76(79)82-73-74(83-77(80)71-68-65-62-59-56-53-50-46-30-27-24-21-18-15-12-9-6-3)72-81-75(78)69-66-63-60-57-54-51-48-45-29-26-23-20-17-14-11-8-5-2/h7,9-10,12,16,18-19,21,25,27-28,30,32-33,35-36,38-39,50,53,59,62,74H,4-6,8,11,13-15,17,20,22-24,26,29,31,34,37,40-49,51-52,54-58,60-61,63-73H2,1-3H3/b10-7-,12-9-,19-16-,21-18-,28-25-,30-27-,33-32-,36-35-,39-38-,53-50-,62-59-. The molecule has 0 aromatic carbocycles. The topological polar surface area (TPSA) is 78.9 Å². The smallest absolute Gasteiger partial charge is 0.306 e. The van der Waals surface area contributed by atoms with Crippen molar-refractivity contribution in [3.63, 3.8) is 0 Å². The molecule has 0 rings (SSSR count). The maximum absolute atomic E-state index is 12.9. The molecule has 83 heavy (non-hydrogen) atoms. The van der Waals surface area contributed by atoms with E-state index in [0.717, 1.165) is 116 Å². The summed E-state index contributed by atoms with van der Waals surface area (Å²) in [6, 6.07) is 0. The fourth-order valence-electron chi connectivity index (χ4n) is 9.54. The molecule has 0 aliphatic rings. The summed E-state index contributed by atoms with van der Waals surface area (Å²) in [6.45, 7) is 6.39. The van der Waals surface area contributed by atoms with Crippen LogP contribution in [0.3, 0.4) is 0 Å². The van der Waals surface area contributed by atoms with Gasteiger partial charge in [0.05, 0.1) is 0 Å². The third-order valence-electron chi connectivity index (χ3n) is 14.7. The molecule has 6 heteroatoms. The molecule has 0 aromatic rings. The van der Waals surface area contributed by atoms with Gasteiger partial charge in [0.1, 0.15) is 13.2 Å². The fraction of sp³-hybridized carbons (Fsp3) is 0.675. The van der Waals surface area contributed by atoms with Gasteiger partial charge in [-0.15, -0.1) is 0 Å². The molecule has 0 saturated heterocycles. The van der Waals surface area contributed by atoms with Crippen LogP contribution >= 0.6 is 0 Å². The first-order valence-corrected chi connectivity index (χ1v) is 34.7. The monoisotopic (exact) mass is 1150 g/mol. The zero-order valence-corrected chi connectivity index (χ0v) is 54.2. The Labute approximate surface area is 513 Å². The van der Waals surface area contributed by atoms with Gasteiger partial charge in [0.25, 0.3) is 0 Å². The molecule has 0 fully saturated rings. The fourth-order valence-corrected chi connectivity index (χ4v) is 9.54. The van der Waals surface area contributed by atoms with E-state index in [4.69, 9.17) is 14.2 Å². The quantitative estimate of drug-likeness (QED) is 0.0261. The molecular weight excluding hydrogens is 1020 g/mol. The van der Waals surface area contributed by atoms with Gasteiger partial charge in [0, 0.05) is 19.3 Å². The van der Waals surface area contributed by atoms with Crippen LogP contribution in [0.25, 0.3) is 0 Å². The minimum absolute atomic E-state index is 0.101. The first-order valence-electron chi connectivity index (χ1n) is 34.7. The highest BCUT2D eigenvalue weighted by Gasteiger charge is 2.19. The molecule has 0 aliphatic heterocycles. The lowest BCUT2D eigenvalue weighted by Crippen LogP contribution is -2.30. The molecule has 0 spiro atoms. The summed E-state index contributed by atoms with van der Waals surface area (Å²) in [7, 11) is 0. The number of esters is 3. The second kappa shape index (κ2) is 70.0. The lowest BCUT2D eigenvalue weighted by atomic mass is 10.0. The van der Waals surface area contributed by atoms with Crippen molar-refractivity contribution >= 4 is 17.9 Å². The Balaban J connectivity index is 4.34. The molecule has 0 amide bonds. The Kier molecular flexibility index (Phi) is 66.3. The van der Waals surface area contributed by atoms with E-state index in [1.54, 1.807) is 0 Å². The maximum Gasteiger partial charge on any atom is 0.306 e. The summed E-state index contributed by atoms with van der Waals surface area (Å²) < 4.78 is 16.9. The van der Waals surface area contributed by atoms with Crippen molar-refractivity contribution in [2.75, 3.05) is 13.2 Å². The zero-order valence-electron chi connectivity index (χ0n) is 54.2. The predicted molar refractivity (Wildman–Crippen MR) is 362 cm³/mol. The third-order valence-corrected chi connectivity index (χ3v) is 14.7. The number of hydrogen-bond acceptors (Lipinski definition) is 6. The maximum atomic E-state index is 12.9. The lowest BCUT2D eigenvalue weighted by molar-refractivity contribution is -0.167. The Morgan fingerprint density at radius 2 is 0.482 bits per heavy atom. The van der Waals surface area contributed by atoms with Crippen LogP contribution in [-0.2, 0) is 28.6 Å². The van der Waals surface area contributed by atoms with Crippen LogP contribution < -0.4 is 0 Å². The summed E-state index contributed by atoms with van der Waals surface area (Å²) in [5.41, 5.74) is 0. The lowest BCUT2D eigenvalue weighted by Gasteiger charge is -2.18. The summed E-state index contributed by atoms with van der Waals surface area (Å²) in [4.78, 5) is 38.4. The first-order chi connectivity index (χ1) is 41.0. The zero-order chi connectivity index (χ0) is 59.9. The third kappa shape index (κ3) is 68.2. The van der Waals surface area contributed by atoms with Crippen LogP contribution in [0.5, 0.6) is 0 Å². The minimum atomic E-state index is -0.812. The van der Waals surface area contributed by atoms with Crippen molar-refractivity contribution in [1.82, 2.24) is 0 Å². The van der Waals surface area contributed by atoms with Gasteiger partial charge in [0.2, 0.25) is 0 Å². The van der Waals surface area contributed by atoms with E-state index in [0.29, 0.717) is 19.3 Å². The number of carbonyl (C=O) groups excluding carboxylic acids is 3. The van der Waals surface area contributed by atoms with Gasteiger partial charge in [0.15, 0.2) is 6.10 Å². The Morgan fingerprint density at radius 1 is 0.253 bits per heavy atom. The molecule has 0 saturated carbocycles. The normalized spacial score (nSPS) is 13.0. The van der Waals surface area contributed by atoms with Crippen LogP contribution in [0.1, 0.15) is 316 Å². The molecule has 1 atom stereocenters. The van der Waals surface area contributed by atoms with Gasteiger partial charge in [-0.2, -0.15) is 0 Å². The molecule has 0 heterocycles. The van der Waals surface area contributed by atoms with Crippen molar-refractivity contribution in [2.24, 2.45) is 0 Å². The van der Waals surface area contributed by atoms with Gasteiger partial charge >= 0.3 is 17.9 Å². The number of rotatable bonds is 62. The number of hydrogen-bond donors (Lipinski definition) is 0. The average Bonchev–Trinajstić information content (AvgIpc) is 3.49. The van der Waals surface area contributed by atoms with Crippen LogP contribution in [0.2, 0.25) is 0 Å². The minimum Gasteiger partial charge on any atom is -0.462 e. The van der Waals surface area contributed by atoms with E-state index >= 15 is 0 Å². The van der Waals surface area contributed by atoms with Crippen molar-refractivity contribution in [1.29, 1.82) is 0 Å². The average molecular weight is 1150 g/mol. The summed E-state index contributed by atoms with van der Waals surface area (Å²) >= 11 is 0. The van der Waals surface area contributed by atoms with Crippen molar-refractivity contribution in [2.45, 2.75) is 322 Å².